The smallest absolute Gasteiger partial charge is 0.358 e. The topological polar surface area (TPSA) is 90.1 Å². The number of hydrogen-bond donors (Lipinski definition) is 1. The molecule has 7 heteroatoms. The Morgan fingerprint density at radius 1 is 1.42 bits per heavy atom. The van der Waals surface area contributed by atoms with Crippen molar-refractivity contribution < 1.29 is 14.6 Å². The highest BCUT2D eigenvalue weighted by molar-refractivity contribution is 5.86. The van der Waals surface area contributed by atoms with Crippen LogP contribution in [0.25, 0.3) is 0 Å². The third kappa shape index (κ3) is 2.70. The van der Waals surface area contributed by atoms with Gasteiger partial charge in [0.05, 0.1) is 25.0 Å². The van der Waals surface area contributed by atoms with E-state index in [1.807, 2.05) is 13.0 Å². The van der Waals surface area contributed by atoms with Crippen molar-refractivity contribution in [1.29, 1.82) is 0 Å². The molecule has 2 rings (SSSR count). The van der Waals surface area contributed by atoms with E-state index in [2.05, 4.69) is 15.3 Å². The van der Waals surface area contributed by atoms with Gasteiger partial charge in [-0.1, -0.05) is 5.21 Å². The molecule has 2 heterocycles. The third-order valence-electron chi connectivity index (χ3n) is 2.71. The number of rotatable bonds is 4. The van der Waals surface area contributed by atoms with E-state index < -0.39 is 5.97 Å². The molecule has 0 aliphatic heterocycles. The van der Waals surface area contributed by atoms with Crippen molar-refractivity contribution >= 4 is 5.97 Å². The predicted octanol–water partition coefficient (Wildman–Crippen LogP) is 1.05. The highest BCUT2D eigenvalue weighted by Crippen LogP contribution is 2.15. The summed E-state index contributed by atoms with van der Waals surface area (Å²) in [4.78, 5) is 15.2. The summed E-state index contributed by atoms with van der Waals surface area (Å²) in [5, 5.41) is 16.4. The zero-order chi connectivity index (χ0) is 14.0. The van der Waals surface area contributed by atoms with Gasteiger partial charge >= 0.3 is 5.97 Å². The minimum atomic E-state index is -1.08. The average Bonchev–Trinajstić information content (AvgIpc) is 2.70. The number of ether oxygens (including phenoxy) is 1. The fourth-order valence-electron chi connectivity index (χ4n) is 1.76. The van der Waals surface area contributed by atoms with Crippen LogP contribution in [-0.4, -0.2) is 38.2 Å². The van der Waals surface area contributed by atoms with Gasteiger partial charge in [-0.2, -0.15) is 0 Å². The van der Waals surface area contributed by atoms with E-state index in [0.717, 1.165) is 11.4 Å². The van der Waals surface area contributed by atoms with Gasteiger partial charge in [-0.15, -0.1) is 5.10 Å². The highest BCUT2D eigenvalue weighted by Gasteiger charge is 2.15. The van der Waals surface area contributed by atoms with E-state index in [1.165, 1.54) is 4.68 Å². The fourth-order valence-corrected chi connectivity index (χ4v) is 1.76. The lowest BCUT2D eigenvalue weighted by molar-refractivity contribution is 0.0689. The van der Waals surface area contributed by atoms with Crippen LogP contribution in [0.1, 0.15) is 27.6 Å². The molecule has 1 N–H and O–H groups in total. The summed E-state index contributed by atoms with van der Waals surface area (Å²) >= 11 is 0. The molecule has 100 valence electrons. The van der Waals surface area contributed by atoms with Crippen molar-refractivity contribution in [1.82, 2.24) is 20.0 Å². The molecule has 0 spiro atoms. The molecule has 0 radical (unpaired) electrons. The number of carbonyl (C=O) groups is 1. The first-order valence-corrected chi connectivity index (χ1v) is 5.66. The van der Waals surface area contributed by atoms with Crippen molar-refractivity contribution in [3.8, 4) is 5.75 Å². The number of pyridine rings is 1. The third-order valence-corrected chi connectivity index (χ3v) is 2.71. The number of carboxylic acid groups (broad SMARTS) is 1. The monoisotopic (exact) mass is 262 g/mol. The highest BCUT2D eigenvalue weighted by atomic mass is 16.5. The minimum Gasteiger partial charge on any atom is -0.497 e. The number of carboxylic acids is 1. The molecule has 0 aliphatic carbocycles. The second-order valence-corrected chi connectivity index (χ2v) is 4.13. The van der Waals surface area contributed by atoms with Gasteiger partial charge in [0, 0.05) is 17.8 Å². The van der Waals surface area contributed by atoms with E-state index in [1.54, 1.807) is 20.1 Å². The molecule has 0 aromatic carbocycles. The van der Waals surface area contributed by atoms with Crippen molar-refractivity contribution in [2.45, 2.75) is 20.4 Å². The van der Waals surface area contributed by atoms with Gasteiger partial charge in [-0.05, 0) is 13.8 Å². The molecular weight excluding hydrogens is 248 g/mol. The van der Waals surface area contributed by atoms with Crippen molar-refractivity contribution in [2.75, 3.05) is 7.11 Å². The fraction of sp³-hybridized carbons (Fsp3) is 0.333. The van der Waals surface area contributed by atoms with Crippen LogP contribution in [-0.2, 0) is 6.54 Å². The standard InChI is InChI=1S/C12H14N4O3/c1-7-4-10(19-3)5-9(13-7)6-16-8(2)11(12(17)18)14-15-16/h4-5H,6H2,1-3H3,(H,17,18). The Bertz CT molecular complexity index is 621. The Hall–Kier alpha value is -2.44. The predicted molar refractivity (Wildman–Crippen MR) is 66.3 cm³/mol. The SMILES string of the molecule is COc1cc(C)nc(Cn2nnc(C(=O)O)c2C)c1. The summed E-state index contributed by atoms with van der Waals surface area (Å²) in [6.07, 6.45) is 0. The summed E-state index contributed by atoms with van der Waals surface area (Å²) in [6, 6.07) is 3.61. The molecule has 0 saturated carbocycles. The molecule has 0 fully saturated rings. The quantitative estimate of drug-likeness (QED) is 0.885. The lowest BCUT2D eigenvalue weighted by atomic mass is 10.3. The van der Waals surface area contributed by atoms with Crippen LogP contribution in [0.3, 0.4) is 0 Å². The summed E-state index contributed by atoms with van der Waals surface area (Å²) in [7, 11) is 1.59. The maximum atomic E-state index is 10.9. The van der Waals surface area contributed by atoms with Gasteiger partial charge in [0.2, 0.25) is 0 Å². The number of aryl methyl sites for hydroxylation is 1. The molecule has 0 amide bonds. The molecule has 0 saturated heterocycles. The average molecular weight is 262 g/mol. The molecule has 2 aromatic rings. The number of nitrogens with zero attached hydrogens (tertiary/aromatic N) is 4. The van der Waals surface area contributed by atoms with Crippen LogP contribution in [0.4, 0.5) is 0 Å². The number of hydrogen-bond acceptors (Lipinski definition) is 5. The summed E-state index contributed by atoms with van der Waals surface area (Å²) in [6.45, 7) is 3.88. The number of aromatic nitrogens is 4. The lowest BCUT2D eigenvalue weighted by Crippen LogP contribution is -2.08. The number of methoxy groups -OCH3 is 1. The lowest BCUT2D eigenvalue weighted by Gasteiger charge is -2.07. The molecule has 0 atom stereocenters. The van der Waals surface area contributed by atoms with Crippen molar-refractivity contribution in [3.63, 3.8) is 0 Å². The van der Waals surface area contributed by atoms with Crippen LogP contribution in [0.5, 0.6) is 5.75 Å². The van der Waals surface area contributed by atoms with E-state index in [-0.39, 0.29) is 5.69 Å². The number of aromatic carboxylic acids is 1. The van der Waals surface area contributed by atoms with Gasteiger partial charge < -0.3 is 9.84 Å². The Morgan fingerprint density at radius 3 is 2.74 bits per heavy atom. The van der Waals surface area contributed by atoms with Crippen molar-refractivity contribution in [2.24, 2.45) is 0 Å². The second kappa shape index (κ2) is 5.05. The van der Waals surface area contributed by atoms with Gasteiger partial charge in [-0.25, -0.2) is 9.48 Å². The minimum absolute atomic E-state index is 0.0420. The first-order valence-electron chi connectivity index (χ1n) is 5.66. The maximum absolute atomic E-state index is 10.9. The van der Waals surface area contributed by atoms with Crippen LogP contribution >= 0.6 is 0 Å². The van der Waals surface area contributed by atoms with Gasteiger partial charge in [0.25, 0.3) is 0 Å². The zero-order valence-corrected chi connectivity index (χ0v) is 10.9. The van der Waals surface area contributed by atoms with Gasteiger partial charge in [0.15, 0.2) is 5.69 Å². The molecule has 0 bridgehead atoms. The van der Waals surface area contributed by atoms with E-state index >= 15 is 0 Å². The van der Waals surface area contributed by atoms with Gasteiger partial charge in [-0.3, -0.25) is 4.98 Å². The largest absolute Gasteiger partial charge is 0.497 e. The second-order valence-electron chi connectivity index (χ2n) is 4.13. The van der Waals surface area contributed by atoms with Crippen LogP contribution in [0.2, 0.25) is 0 Å². The molecule has 2 aromatic heterocycles. The molecule has 0 aliphatic rings. The Labute approximate surface area is 109 Å². The maximum Gasteiger partial charge on any atom is 0.358 e. The zero-order valence-electron chi connectivity index (χ0n) is 10.9. The first kappa shape index (κ1) is 13.0. The van der Waals surface area contributed by atoms with E-state index in [4.69, 9.17) is 9.84 Å². The summed E-state index contributed by atoms with van der Waals surface area (Å²) in [5.41, 5.74) is 2.02. The van der Waals surface area contributed by atoms with Crippen molar-refractivity contribution in [3.05, 3.63) is 34.9 Å². The Balaban J connectivity index is 2.31. The van der Waals surface area contributed by atoms with Crippen LogP contribution in [0, 0.1) is 13.8 Å². The Kier molecular flexibility index (Phi) is 3.46. The van der Waals surface area contributed by atoms with Gasteiger partial charge in [0.1, 0.15) is 5.75 Å². The first-order chi connectivity index (χ1) is 9.01. The summed E-state index contributed by atoms with van der Waals surface area (Å²) in [5.74, 6) is -0.378. The molecular formula is C12H14N4O3. The van der Waals surface area contributed by atoms with Crippen LogP contribution in [0.15, 0.2) is 12.1 Å². The molecule has 0 unspecified atom stereocenters. The normalized spacial score (nSPS) is 10.5. The Morgan fingerprint density at radius 2 is 2.16 bits per heavy atom. The van der Waals surface area contributed by atoms with E-state index in [0.29, 0.717) is 18.0 Å². The summed E-state index contributed by atoms with van der Waals surface area (Å²) < 4.78 is 6.67. The molecule has 19 heavy (non-hydrogen) atoms. The van der Waals surface area contributed by atoms with E-state index in [9.17, 15) is 4.79 Å². The molecule has 7 nitrogen and oxygen atoms in total. The van der Waals surface area contributed by atoms with Crippen LogP contribution < -0.4 is 4.74 Å².